The first-order valence-corrected chi connectivity index (χ1v) is 33.6. The molecule has 0 aliphatic rings. The lowest BCUT2D eigenvalue weighted by Gasteiger charge is -2.26. The number of nitrogens with one attached hydrogen (secondary N) is 1. The molecule has 0 fully saturated rings. The Morgan fingerprint density at radius 1 is 0.455 bits per heavy atom. The van der Waals surface area contributed by atoms with Gasteiger partial charge in [-0.1, -0.05) is 291 Å². The predicted molar refractivity (Wildman–Crippen MR) is 336 cm³/mol. The van der Waals surface area contributed by atoms with E-state index in [1.165, 1.54) is 161 Å². The van der Waals surface area contributed by atoms with Gasteiger partial charge in [0.15, 0.2) is 0 Å². The molecule has 8 nitrogen and oxygen atoms in total. The molecule has 0 aliphatic carbocycles. The van der Waals surface area contributed by atoms with Crippen LogP contribution in [0.4, 0.5) is 0 Å². The fourth-order valence-electron chi connectivity index (χ4n) is 9.12. The molecule has 0 aliphatic heterocycles. The number of carbonyl (C=O) groups is 1. The molecule has 3 atom stereocenters. The lowest BCUT2D eigenvalue weighted by molar-refractivity contribution is -0.870. The topological polar surface area (TPSA) is 105 Å². The van der Waals surface area contributed by atoms with Crippen molar-refractivity contribution in [2.75, 3.05) is 40.9 Å². The van der Waals surface area contributed by atoms with Gasteiger partial charge in [-0.25, -0.2) is 4.57 Å². The summed E-state index contributed by atoms with van der Waals surface area (Å²) in [5.74, 6) is -0.146. The molecule has 3 N–H and O–H groups in total. The van der Waals surface area contributed by atoms with Gasteiger partial charge in [-0.15, -0.1) is 0 Å². The molecule has 0 aromatic carbocycles. The second-order valence-electron chi connectivity index (χ2n) is 22.8. The standard InChI is InChI=1S/C68H123N2O6P/c1-6-8-10-12-14-16-18-20-22-24-25-26-27-28-29-30-31-32-33-34-35-36-37-38-39-40-41-42-43-44-45-46-48-50-52-54-56-58-60-62-68(72)69-66(65-76-77(73,74)75-64-63-70(3,4)5)67(71)61-59-57-55-53-51-49-47-23-21-19-17-15-13-11-9-7-2/h8,10,14,16,20,22,25-26,28-29,31-32,34-35,37-38,66-67,71H,6-7,9,11-13,15,17-19,21,23-24,27,30,33,36,39-65H2,1-5H3,(H-,69,72,73,74)/p+1/b10-8-,16-14-,22-20-,26-25-,29-28-,32-31-,35-34-,38-37-. The molecule has 0 aromatic rings. The van der Waals surface area contributed by atoms with Gasteiger partial charge in [0.05, 0.1) is 39.9 Å². The summed E-state index contributed by atoms with van der Waals surface area (Å²) < 4.78 is 23.8. The number of aliphatic hydroxyl groups excluding tert-OH is 1. The smallest absolute Gasteiger partial charge is 0.391 e. The lowest BCUT2D eigenvalue weighted by Crippen LogP contribution is -2.46. The zero-order chi connectivity index (χ0) is 56.3. The first-order valence-electron chi connectivity index (χ1n) is 32.1. The molecular weight excluding hydrogens is 972 g/mol. The summed E-state index contributed by atoms with van der Waals surface area (Å²) in [6, 6.07) is -0.765. The molecule has 0 spiro atoms. The minimum atomic E-state index is -4.33. The van der Waals surface area contributed by atoms with E-state index in [1.807, 2.05) is 21.1 Å². The van der Waals surface area contributed by atoms with Crippen LogP contribution in [-0.2, 0) is 18.4 Å². The van der Waals surface area contributed by atoms with Gasteiger partial charge >= 0.3 is 7.82 Å². The molecule has 0 bridgehead atoms. The summed E-state index contributed by atoms with van der Waals surface area (Å²) in [6.45, 7) is 4.79. The largest absolute Gasteiger partial charge is 0.472 e. The van der Waals surface area contributed by atoms with Crippen LogP contribution in [0.1, 0.15) is 277 Å². The van der Waals surface area contributed by atoms with Gasteiger partial charge in [0.1, 0.15) is 13.2 Å². The highest BCUT2D eigenvalue weighted by Crippen LogP contribution is 2.43. The van der Waals surface area contributed by atoms with E-state index in [0.717, 1.165) is 89.9 Å². The third kappa shape index (κ3) is 60.9. The normalized spacial score (nSPS) is 14.4. The van der Waals surface area contributed by atoms with Crippen molar-refractivity contribution in [3.8, 4) is 0 Å². The average molecular weight is 1100 g/mol. The van der Waals surface area contributed by atoms with Crippen molar-refractivity contribution in [3.05, 3.63) is 97.2 Å². The van der Waals surface area contributed by atoms with Crippen molar-refractivity contribution in [3.63, 3.8) is 0 Å². The summed E-state index contributed by atoms with van der Waals surface area (Å²) in [4.78, 5) is 23.4. The fourth-order valence-corrected chi connectivity index (χ4v) is 9.86. The Hall–Kier alpha value is -2.58. The highest BCUT2D eigenvalue weighted by atomic mass is 31.2. The number of aliphatic hydroxyl groups is 1. The quantitative estimate of drug-likeness (QED) is 0.0243. The Labute approximate surface area is 477 Å². The molecule has 0 aromatic heterocycles. The van der Waals surface area contributed by atoms with Crippen molar-refractivity contribution < 1.29 is 32.9 Å². The number of amides is 1. The maximum Gasteiger partial charge on any atom is 0.472 e. The molecule has 0 radical (unpaired) electrons. The highest BCUT2D eigenvalue weighted by Gasteiger charge is 2.28. The Bertz CT molecular complexity index is 1570. The number of hydrogen-bond acceptors (Lipinski definition) is 5. The van der Waals surface area contributed by atoms with E-state index in [0.29, 0.717) is 23.9 Å². The number of phosphoric ester groups is 1. The lowest BCUT2D eigenvalue weighted by atomic mass is 10.0. The average Bonchev–Trinajstić information content (AvgIpc) is 3.39. The van der Waals surface area contributed by atoms with Crippen molar-refractivity contribution in [2.45, 2.75) is 289 Å². The van der Waals surface area contributed by atoms with Gasteiger partial charge in [-0.3, -0.25) is 13.8 Å². The van der Waals surface area contributed by atoms with Crippen molar-refractivity contribution in [2.24, 2.45) is 0 Å². The molecule has 3 unspecified atom stereocenters. The van der Waals surface area contributed by atoms with E-state index < -0.39 is 20.0 Å². The van der Waals surface area contributed by atoms with Crippen LogP contribution in [-0.4, -0.2) is 73.4 Å². The molecule has 0 saturated heterocycles. The van der Waals surface area contributed by atoms with Gasteiger partial charge in [0.25, 0.3) is 0 Å². The molecule has 77 heavy (non-hydrogen) atoms. The number of nitrogens with zero attached hydrogens (tertiary/aromatic N) is 1. The van der Waals surface area contributed by atoms with Crippen molar-refractivity contribution in [1.29, 1.82) is 0 Å². The van der Waals surface area contributed by atoms with Gasteiger partial charge < -0.3 is 19.8 Å². The van der Waals surface area contributed by atoms with Crippen molar-refractivity contribution >= 4 is 13.7 Å². The number of hydrogen-bond donors (Lipinski definition) is 3. The molecule has 9 heteroatoms. The van der Waals surface area contributed by atoms with Gasteiger partial charge in [0.2, 0.25) is 5.91 Å². The molecule has 0 rings (SSSR count). The molecular formula is C68H124N2O6P+. The minimum absolute atomic E-state index is 0.0723. The van der Waals surface area contributed by atoms with Gasteiger partial charge in [0, 0.05) is 6.42 Å². The molecule has 0 saturated carbocycles. The van der Waals surface area contributed by atoms with Crippen LogP contribution < -0.4 is 5.32 Å². The number of allylic oxidation sites excluding steroid dienone is 16. The number of quaternary nitrogens is 1. The second kappa shape index (κ2) is 58.1. The van der Waals surface area contributed by atoms with Crippen LogP contribution in [0, 0.1) is 0 Å². The number of rotatable bonds is 58. The SMILES string of the molecule is CC/C=C\C/C=C\C/C=C\C/C=C\C/C=C\C/C=C\C/C=C\C/C=C\CCCCCCCCCCCCCCCCC(=O)NC(COP(=O)(O)OCC[N+](C)(C)C)C(O)CCCCCCCCCCCCCCCCCC. The molecule has 1 amide bonds. The monoisotopic (exact) mass is 1100 g/mol. The van der Waals surface area contributed by atoms with Crippen molar-refractivity contribution in [1.82, 2.24) is 5.32 Å². The zero-order valence-corrected chi connectivity index (χ0v) is 51.8. The zero-order valence-electron chi connectivity index (χ0n) is 50.9. The van der Waals surface area contributed by atoms with Crippen LogP contribution in [0.3, 0.4) is 0 Å². The van der Waals surface area contributed by atoms with Crippen LogP contribution >= 0.6 is 7.82 Å². The Kier molecular flexibility index (Phi) is 56.1. The van der Waals surface area contributed by atoms with Crippen LogP contribution in [0.25, 0.3) is 0 Å². The third-order valence-corrected chi connectivity index (χ3v) is 15.1. The van der Waals surface area contributed by atoms with Crippen LogP contribution in [0.2, 0.25) is 0 Å². The second-order valence-corrected chi connectivity index (χ2v) is 24.2. The Balaban J connectivity index is 4.02. The number of likely N-dealkylation sites (N-methyl/N-ethyl adjacent to an activating group) is 1. The highest BCUT2D eigenvalue weighted by molar-refractivity contribution is 7.47. The third-order valence-electron chi connectivity index (χ3n) is 14.1. The van der Waals surface area contributed by atoms with E-state index in [-0.39, 0.29) is 19.1 Å². The minimum Gasteiger partial charge on any atom is -0.391 e. The van der Waals surface area contributed by atoms with Crippen LogP contribution in [0.5, 0.6) is 0 Å². The van der Waals surface area contributed by atoms with E-state index in [2.05, 4.69) is 116 Å². The van der Waals surface area contributed by atoms with Gasteiger partial charge in [-0.05, 0) is 77.0 Å². The van der Waals surface area contributed by atoms with E-state index in [1.54, 1.807) is 0 Å². The Morgan fingerprint density at radius 2 is 0.779 bits per heavy atom. The predicted octanol–water partition coefficient (Wildman–Crippen LogP) is 20.2. The summed E-state index contributed by atoms with van der Waals surface area (Å²) in [5.41, 5.74) is 0. The molecule has 446 valence electrons. The number of phosphoric acid groups is 1. The maximum absolute atomic E-state index is 13.0. The fraction of sp³-hybridized carbons (Fsp3) is 0.750. The van der Waals surface area contributed by atoms with Crippen LogP contribution in [0.15, 0.2) is 97.2 Å². The summed E-state index contributed by atoms with van der Waals surface area (Å²) in [6.07, 6.45) is 83.4. The number of unbranched alkanes of at least 4 members (excludes halogenated alkanes) is 29. The van der Waals surface area contributed by atoms with E-state index in [9.17, 15) is 19.4 Å². The first kappa shape index (κ1) is 74.4. The first-order chi connectivity index (χ1) is 37.5. The summed E-state index contributed by atoms with van der Waals surface area (Å²) in [7, 11) is 1.61. The molecule has 0 heterocycles. The number of carbonyl (C=O) groups excluding carboxylic acids is 1. The summed E-state index contributed by atoms with van der Waals surface area (Å²) >= 11 is 0. The Morgan fingerprint density at radius 3 is 1.14 bits per heavy atom. The van der Waals surface area contributed by atoms with Gasteiger partial charge in [-0.2, -0.15) is 0 Å². The van der Waals surface area contributed by atoms with E-state index in [4.69, 9.17) is 9.05 Å². The van der Waals surface area contributed by atoms with E-state index >= 15 is 0 Å². The summed E-state index contributed by atoms with van der Waals surface area (Å²) in [5, 5.41) is 14.1. The maximum atomic E-state index is 13.0.